The molecule has 0 aliphatic carbocycles. The Morgan fingerprint density at radius 2 is 2.43 bits per heavy atom. The van der Waals surface area contributed by atoms with E-state index in [1.54, 1.807) is 0 Å². The Labute approximate surface area is 58.8 Å². The summed E-state index contributed by atoms with van der Waals surface area (Å²) in [6, 6.07) is 0. The first-order chi connectivity index (χ1) is 3.41. The van der Waals surface area contributed by atoms with E-state index < -0.39 is 0 Å². The molecule has 0 unspecified atom stereocenters. The third kappa shape index (κ3) is 6.29. The van der Waals surface area contributed by atoms with E-state index in [0.29, 0.717) is 0 Å². The van der Waals surface area contributed by atoms with Crippen LogP contribution in [0, 0.1) is 18.8 Å². The van der Waals surface area contributed by atoms with Crippen LogP contribution >= 0.6 is 22.6 Å². The first kappa shape index (κ1) is 7.29. The van der Waals surface area contributed by atoms with Crippen LogP contribution in [0.2, 0.25) is 0 Å². The first-order valence-electron chi connectivity index (χ1n) is 2.25. The highest BCUT2D eigenvalue weighted by atomic mass is 127. The molecule has 0 atom stereocenters. The Kier molecular flexibility index (Phi) is 6.55. The average Bonchev–Trinajstić information content (AvgIpc) is 1.69. The third-order valence-corrected chi connectivity index (χ3v) is 1.36. The molecule has 0 aliphatic rings. The molecule has 0 nitrogen and oxygen atoms in total. The molecule has 39 valence electrons. The number of hydrogen-bond acceptors (Lipinski definition) is 0. The van der Waals surface area contributed by atoms with E-state index in [-0.39, 0.29) is 0 Å². The van der Waals surface area contributed by atoms with E-state index in [4.69, 9.17) is 6.42 Å². The zero-order valence-corrected chi connectivity index (χ0v) is 6.31. The van der Waals surface area contributed by atoms with Crippen molar-refractivity contribution in [2.24, 2.45) is 0 Å². The second-order valence-electron chi connectivity index (χ2n) is 1.20. The van der Waals surface area contributed by atoms with Crippen LogP contribution in [-0.4, -0.2) is 4.43 Å². The Bertz CT molecular complexity index is 61.1. The second-order valence-corrected chi connectivity index (χ2v) is 2.28. The number of terminal acetylenes is 1. The van der Waals surface area contributed by atoms with Gasteiger partial charge >= 0.3 is 0 Å². The van der Waals surface area contributed by atoms with Crippen molar-refractivity contribution in [2.45, 2.75) is 12.8 Å². The van der Waals surface area contributed by atoms with Gasteiger partial charge in [0.25, 0.3) is 0 Å². The smallest absolute Gasteiger partial charge is 0.0338 e. The fraction of sp³-hybridized carbons (Fsp3) is 0.500. The Hall–Kier alpha value is 0.290. The summed E-state index contributed by atoms with van der Waals surface area (Å²) in [5, 5.41) is 0. The van der Waals surface area contributed by atoms with Crippen molar-refractivity contribution in [3.63, 3.8) is 0 Å². The molecule has 0 spiro atoms. The summed E-state index contributed by atoms with van der Waals surface area (Å²) < 4.78 is 1.20. The first-order valence-corrected chi connectivity index (χ1v) is 3.78. The van der Waals surface area contributed by atoms with Gasteiger partial charge in [0.1, 0.15) is 0 Å². The quantitative estimate of drug-likeness (QED) is 0.287. The highest BCUT2D eigenvalue weighted by Gasteiger charge is 1.79. The molecule has 0 rings (SSSR count). The van der Waals surface area contributed by atoms with Crippen molar-refractivity contribution in [1.82, 2.24) is 0 Å². The van der Waals surface area contributed by atoms with Crippen LogP contribution in [0.15, 0.2) is 0 Å². The molecule has 0 saturated heterocycles. The maximum absolute atomic E-state index is 4.96. The Balaban J connectivity index is 2.60. The van der Waals surface area contributed by atoms with E-state index in [0.717, 1.165) is 6.42 Å². The van der Waals surface area contributed by atoms with E-state index in [2.05, 4.69) is 28.5 Å². The van der Waals surface area contributed by atoms with Crippen LogP contribution in [0.1, 0.15) is 12.8 Å². The number of unbranched alkanes of at least 4 members (excludes halogenated alkanes) is 2. The van der Waals surface area contributed by atoms with Gasteiger partial charge in [-0.3, -0.25) is 0 Å². The summed E-state index contributed by atoms with van der Waals surface area (Å²) in [5.74, 6) is 2.47. The van der Waals surface area contributed by atoms with Crippen molar-refractivity contribution in [1.29, 1.82) is 0 Å². The lowest BCUT2D eigenvalue weighted by Gasteiger charge is -1.84. The summed E-state index contributed by atoms with van der Waals surface area (Å²) in [6.07, 6.45) is 9.10. The van der Waals surface area contributed by atoms with Gasteiger partial charge in [0.2, 0.25) is 0 Å². The summed E-state index contributed by atoms with van der Waals surface area (Å²) in [6.45, 7) is 0. The summed E-state index contributed by atoms with van der Waals surface area (Å²) >= 11 is 2.34. The van der Waals surface area contributed by atoms with Crippen LogP contribution in [0.25, 0.3) is 0 Å². The molecule has 7 heavy (non-hydrogen) atoms. The van der Waals surface area contributed by atoms with E-state index in [1.807, 2.05) is 6.42 Å². The lowest BCUT2D eigenvalue weighted by molar-refractivity contribution is 0.954. The Morgan fingerprint density at radius 1 is 1.71 bits per heavy atom. The number of hydrogen-bond donors (Lipinski definition) is 0. The Morgan fingerprint density at radius 3 is 2.86 bits per heavy atom. The molecule has 0 N–H and O–H groups in total. The van der Waals surface area contributed by atoms with E-state index in [9.17, 15) is 0 Å². The number of halogens is 1. The number of rotatable bonds is 3. The van der Waals surface area contributed by atoms with Gasteiger partial charge in [0, 0.05) is 6.42 Å². The molecule has 0 aromatic carbocycles. The van der Waals surface area contributed by atoms with Crippen molar-refractivity contribution < 1.29 is 0 Å². The average molecular weight is 207 g/mol. The zero-order valence-electron chi connectivity index (χ0n) is 4.15. The summed E-state index contributed by atoms with van der Waals surface area (Å²) in [4.78, 5) is 0. The van der Waals surface area contributed by atoms with Gasteiger partial charge in [-0.15, -0.1) is 12.3 Å². The molecule has 0 bridgehead atoms. The molecule has 0 aromatic rings. The van der Waals surface area contributed by atoms with Crippen molar-refractivity contribution in [2.75, 3.05) is 4.43 Å². The van der Waals surface area contributed by atoms with Crippen molar-refractivity contribution in [3.8, 4) is 12.3 Å². The summed E-state index contributed by atoms with van der Waals surface area (Å²) in [7, 11) is 0. The monoisotopic (exact) mass is 207 g/mol. The largest absolute Gasteiger partial charge is 0.120 e. The SMILES string of the molecule is C#C[CH]CCCI. The lowest BCUT2D eigenvalue weighted by atomic mass is 10.3. The second kappa shape index (κ2) is 6.29. The van der Waals surface area contributed by atoms with Gasteiger partial charge in [-0.1, -0.05) is 22.6 Å². The molecule has 1 heteroatoms. The van der Waals surface area contributed by atoms with Crippen LogP contribution in [0.4, 0.5) is 0 Å². The van der Waals surface area contributed by atoms with Gasteiger partial charge in [0.15, 0.2) is 0 Å². The predicted octanol–water partition coefficient (Wildman–Crippen LogP) is 2.04. The van der Waals surface area contributed by atoms with Gasteiger partial charge < -0.3 is 0 Å². The molecule has 0 heterocycles. The minimum absolute atomic E-state index is 1.07. The summed E-state index contributed by atoms with van der Waals surface area (Å²) in [5.41, 5.74) is 0. The maximum atomic E-state index is 4.96. The molecule has 0 fully saturated rings. The standard InChI is InChI=1S/C6H8I/c1-2-3-4-5-6-7/h1,3H,4-6H2. The minimum atomic E-state index is 1.07. The van der Waals surface area contributed by atoms with Gasteiger partial charge in [-0.05, 0) is 17.3 Å². The molecular weight excluding hydrogens is 199 g/mol. The van der Waals surface area contributed by atoms with Gasteiger partial charge in [0.05, 0.1) is 0 Å². The molecule has 1 radical (unpaired) electrons. The molecule has 0 aliphatic heterocycles. The van der Waals surface area contributed by atoms with Crippen LogP contribution < -0.4 is 0 Å². The molecule has 0 aromatic heterocycles. The predicted molar refractivity (Wildman–Crippen MR) is 41.3 cm³/mol. The highest BCUT2D eigenvalue weighted by Crippen LogP contribution is 1.95. The zero-order chi connectivity index (χ0) is 5.54. The van der Waals surface area contributed by atoms with Crippen LogP contribution in [-0.2, 0) is 0 Å². The van der Waals surface area contributed by atoms with Crippen molar-refractivity contribution in [3.05, 3.63) is 6.42 Å². The van der Waals surface area contributed by atoms with E-state index >= 15 is 0 Å². The third-order valence-electron chi connectivity index (χ3n) is 0.600. The minimum Gasteiger partial charge on any atom is -0.120 e. The van der Waals surface area contributed by atoms with E-state index in [1.165, 1.54) is 10.8 Å². The highest BCUT2D eigenvalue weighted by molar-refractivity contribution is 14.1. The maximum Gasteiger partial charge on any atom is 0.0338 e. The molecular formula is C6H8I. The van der Waals surface area contributed by atoms with Crippen LogP contribution in [0.5, 0.6) is 0 Å². The molecule has 0 saturated carbocycles. The van der Waals surface area contributed by atoms with Gasteiger partial charge in [-0.25, -0.2) is 0 Å². The topological polar surface area (TPSA) is 0 Å². The van der Waals surface area contributed by atoms with Gasteiger partial charge in [-0.2, -0.15) is 0 Å². The fourth-order valence-electron chi connectivity index (χ4n) is 0.263. The fourth-order valence-corrected chi connectivity index (χ4v) is 0.703. The van der Waals surface area contributed by atoms with Crippen molar-refractivity contribution >= 4 is 22.6 Å². The normalized spacial score (nSPS) is 8.00. The van der Waals surface area contributed by atoms with Crippen LogP contribution in [0.3, 0.4) is 0 Å². The lowest BCUT2D eigenvalue weighted by Crippen LogP contribution is -1.73. The number of alkyl halides is 1. The molecule has 0 amide bonds.